The molecule has 0 heterocycles. The van der Waals surface area contributed by atoms with E-state index in [1.54, 1.807) is 12.1 Å². The third kappa shape index (κ3) is 2.50. The van der Waals surface area contributed by atoms with E-state index in [1.807, 2.05) is 13.0 Å². The summed E-state index contributed by atoms with van der Waals surface area (Å²) in [5, 5.41) is 11.3. The van der Waals surface area contributed by atoms with E-state index >= 15 is 0 Å². The molecule has 3 rings (SSSR count). The van der Waals surface area contributed by atoms with Gasteiger partial charge in [-0.05, 0) is 31.4 Å². The zero-order chi connectivity index (χ0) is 15.0. The fraction of sp³-hybridized carbons (Fsp3) is 0.625. The summed E-state index contributed by atoms with van der Waals surface area (Å²) in [5.41, 5.74) is 0.947. The lowest BCUT2D eigenvalue weighted by atomic mass is 9.58. The van der Waals surface area contributed by atoms with Gasteiger partial charge in [-0.3, -0.25) is 10.1 Å². The molecule has 0 aromatic heterocycles. The van der Waals surface area contributed by atoms with E-state index in [4.69, 9.17) is 16.3 Å². The number of rotatable bonds is 3. The van der Waals surface area contributed by atoms with Crippen LogP contribution in [0.4, 0.5) is 5.69 Å². The minimum absolute atomic E-state index is 0.0155. The largest absolute Gasteiger partial charge is 0.483 e. The minimum atomic E-state index is -0.368. The molecule has 2 saturated carbocycles. The first-order valence-electron chi connectivity index (χ1n) is 7.59. The molecule has 2 unspecified atom stereocenters. The molecule has 2 fully saturated rings. The molecule has 4 nitrogen and oxygen atoms in total. The van der Waals surface area contributed by atoms with Crippen LogP contribution in [0, 0.1) is 22.5 Å². The third-order valence-corrected chi connectivity index (χ3v) is 5.66. The summed E-state index contributed by atoms with van der Waals surface area (Å²) in [4.78, 5) is 10.8. The van der Waals surface area contributed by atoms with Crippen molar-refractivity contribution in [1.82, 2.24) is 0 Å². The summed E-state index contributed by atoms with van der Waals surface area (Å²) in [7, 11) is 0. The van der Waals surface area contributed by atoms with Crippen molar-refractivity contribution in [3.05, 3.63) is 33.9 Å². The zero-order valence-electron chi connectivity index (χ0n) is 12.2. The van der Waals surface area contributed by atoms with Crippen LogP contribution in [0.15, 0.2) is 18.2 Å². The number of nitrogens with zero attached hydrogens (tertiary/aromatic N) is 1. The zero-order valence-corrected chi connectivity index (χ0v) is 12.9. The number of halogens is 1. The number of alkyl halides is 1. The Labute approximate surface area is 129 Å². The van der Waals surface area contributed by atoms with Crippen LogP contribution in [0.1, 0.15) is 44.1 Å². The second kappa shape index (κ2) is 5.48. The van der Waals surface area contributed by atoms with Gasteiger partial charge in [-0.2, -0.15) is 0 Å². The maximum Gasteiger partial charge on any atom is 0.311 e. The second-order valence-corrected chi connectivity index (χ2v) is 6.86. The van der Waals surface area contributed by atoms with Gasteiger partial charge in [0.25, 0.3) is 0 Å². The lowest BCUT2D eigenvalue weighted by Crippen LogP contribution is -2.58. The molecular weight excluding hydrogens is 290 g/mol. The molecule has 1 aromatic carbocycles. The summed E-state index contributed by atoms with van der Waals surface area (Å²) in [6.45, 7) is 1.84. The molecule has 1 spiro atoms. The van der Waals surface area contributed by atoms with E-state index < -0.39 is 0 Å². The number of hydrogen-bond acceptors (Lipinski definition) is 3. The predicted octanol–water partition coefficient (Wildman–Crippen LogP) is 4.61. The SMILES string of the molecule is Cc1ccc(OC2CC(Cl)C23CCCCC3)c([N+](=O)[O-])c1. The topological polar surface area (TPSA) is 52.4 Å². The molecule has 0 bridgehead atoms. The molecule has 0 amide bonds. The Bertz CT molecular complexity index is 554. The Morgan fingerprint density at radius 2 is 2.05 bits per heavy atom. The van der Waals surface area contributed by atoms with Gasteiger partial charge < -0.3 is 4.74 Å². The van der Waals surface area contributed by atoms with E-state index in [1.165, 1.54) is 19.3 Å². The van der Waals surface area contributed by atoms with E-state index in [0.29, 0.717) is 5.75 Å². The Balaban J connectivity index is 1.82. The molecule has 1 aromatic rings. The van der Waals surface area contributed by atoms with Crippen molar-refractivity contribution in [3.8, 4) is 5.75 Å². The van der Waals surface area contributed by atoms with E-state index in [9.17, 15) is 10.1 Å². The van der Waals surface area contributed by atoms with Gasteiger partial charge in [-0.15, -0.1) is 11.6 Å². The van der Waals surface area contributed by atoms with Crippen LogP contribution < -0.4 is 4.74 Å². The van der Waals surface area contributed by atoms with Gasteiger partial charge in [0.2, 0.25) is 0 Å². The van der Waals surface area contributed by atoms with E-state index in [2.05, 4.69) is 0 Å². The molecule has 5 heteroatoms. The average molecular weight is 310 g/mol. The van der Waals surface area contributed by atoms with Crippen LogP contribution in [-0.4, -0.2) is 16.4 Å². The van der Waals surface area contributed by atoms with Gasteiger partial charge in [0.05, 0.1) is 4.92 Å². The van der Waals surface area contributed by atoms with Crippen LogP contribution in [0.25, 0.3) is 0 Å². The summed E-state index contributed by atoms with van der Waals surface area (Å²) in [6, 6.07) is 5.14. The highest BCUT2D eigenvalue weighted by Gasteiger charge is 2.56. The maximum absolute atomic E-state index is 11.2. The van der Waals surface area contributed by atoms with Crippen molar-refractivity contribution in [1.29, 1.82) is 0 Å². The number of benzene rings is 1. The highest BCUT2D eigenvalue weighted by Crippen LogP contribution is 2.56. The standard InChI is InChI=1S/C16H20ClNO3/c1-11-5-6-13(12(9-11)18(19)20)21-15-10-14(17)16(15)7-3-2-4-8-16/h5-6,9,14-15H,2-4,7-8,10H2,1H3. The normalized spacial score (nSPS) is 27.1. The fourth-order valence-electron chi connectivity index (χ4n) is 3.73. The van der Waals surface area contributed by atoms with Crippen molar-refractivity contribution in [3.63, 3.8) is 0 Å². The molecule has 0 radical (unpaired) electrons. The lowest BCUT2D eigenvalue weighted by molar-refractivity contribution is -0.386. The van der Waals surface area contributed by atoms with Gasteiger partial charge >= 0.3 is 5.69 Å². The first kappa shape index (κ1) is 14.6. The van der Waals surface area contributed by atoms with Crippen molar-refractivity contribution in [2.75, 3.05) is 0 Å². The van der Waals surface area contributed by atoms with Crippen molar-refractivity contribution in [2.24, 2.45) is 5.41 Å². The highest BCUT2D eigenvalue weighted by molar-refractivity contribution is 6.21. The van der Waals surface area contributed by atoms with Gasteiger partial charge in [0.15, 0.2) is 5.75 Å². The summed E-state index contributed by atoms with van der Waals surface area (Å²) in [5.74, 6) is 0.379. The molecule has 2 aliphatic rings. The van der Waals surface area contributed by atoms with E-state index in [0.717, 1.165) is 24.8 Å². The molecule has 114 valence electrons. The summed E-state index contributed by atoms with van der Waals surface area (Å²) in [6.07, 6.45) is 6.56. The van der Waals surface area contributed by atoms with Gasteiger partial charge in [0.1, 0.15) is 6.10 Å². The average Bonchev–Trinajstić information content (AvgIpc) is 2.49. The maximum atomic E-state index is 11.2. The lowest BCUT2D eigenvalue weighted by Gasteiger charge is -2.54. The Morgan fingerprint density at radius 3 is 2.67 bits per heavy atom. The Hall–Kier alpha value is -1.29. The molecular formula is C16H20ClNO3. The van der Waals surface area contributed by atoms with Gasteiger partial charge in [-0.1, -0.05) is 25.3 Å². The van der Waals surface area contributed by atoms with Crippen LogP contribution in [-0.2, 0) is 0 Å². The van der Waals surface area contributed by atoms with Crippen LogP contribution in [0.3, 0.4) is 0 Å². The summed E-state index contributed by atoms with van der Waals surface area (Å²) >= 11 is 6.46. The smallest absolute Gasteiger partial charge is 0.311 e. The molecule has 2 atom stereocenters. The fourth-order valence-corrected chi connectivity index (χ4v) is 4.25. The molecule has 0 N–H and O–H groups in total. The number of aryl methyl sites for hydroxylation is 1. The molecule has 0 saturated heterocycles. The van der Waals surface area contributed by atoms with Crippen molar-refractivity contribution < 1.29 is 9.66 Å². The Kier molecular flexibility index (Phi) is 3.82. The number of hydrogen-bond donors (Lipinski definition) is 0. The van der Waals surface area contributed by atoms with Gasteiger partial charge in [-0.25, -0.2) is 0 Å². The summed E-state index contributed by atoms with van der Waals surface area (Å²) < 4.78 is 6.04. The van der Waals surface area contributed by atoms with Crippen LogP contribution in [0.5, 0.6) is 5.75 Å². The number of nitro benzene ring substituents is 1. The Morgan fingerprint density at radius 1 is 1.33 bits per heavy atom. The molecule has 0 aliphatic heterocycles. The van der Waals surface area contributed by atoms with Crippen molar-refractivity contribution >= 4 is 17.3 Å². The molecule has 21 heavy (non-hydrogen) atoms. The predicted molar refractivity (Wildman–Crippen MR) is 82.0 cm³/mol. The first-order chi connectivity index (χ1) is 10.0. The molecule has 2 aliphatic carbocycles. The quantitative estimate of drug-likeness (QED) is 0.465. The number of nitro groups is 1. The highest BCUT2D eigenvalue weighted by atomic mass is 35.5. The van der Waals surface area contributed by atoms with E-state index in [-0.39, 0.29) is 27.5 Å². The third-order valence-electron chi connectivity index (χ3n) is 5.05. The second-order valence-electron chi connectivity index (χ2n) is 6.33. The minimum Gasteiger partial charge on any atom is -0.483 e. The van der Waals surface area contributed by atoms with Crippen LogP contribution >= 0.6 is 11.6 Å². The monoisotopic (exact) mass is 309 g/mol. The van der Waals surface area contributed by atoms with Gasteiger partial charge in [0, 0.05) is 23.3 Å². The van der Waals surface area contributed by atoms with Crippen LogP contribution in [0.2, 0.25) is 0 Å². The van der Waals surface area contributed by atoms with Crippen molar-refractivity contribution in [2.45, 2.75) is 56.9 Å². The number of ether oxygens (including phenoxy) is 1. The first-order valence-corrected chi connectivity index (χ1v) is 8.02.